The van der Waals surface area contributed by atoms with Gasteiger partial charge in [0.2, 0.25) is 11.8 Å². The molecule has 0 bridgehead atoms. The third kappa shape index (κ3) is 3.23. The molecule has 1 heterocycles. The van der Waals surface area contributed by atoms with E-state index in [9.17, 15) is 9.59 Å². The Morgan fingerprint density at radius 2 is 1.90 bits per heavy atom. The summed E-state index contributed by atoms with van der Waals surface area (Å²) in [5, 5.41) is 2.78. The van der Waals surface area contributed by atoms with Crippen LogP contribution in [0, 0.1) is 11.8 Å². The maximum Gasteiger partial charge on any atom is 0.229 e. The summed E-state index contributed by atoms with van der Waals surface area (Å²) in [6.07, 6.45) is 6.75. The predicted octanol–water partition coefficient (Wildman–Crippen LogP) is 1.69. The normalized spacial score (nSPS) is 21.3. The molecule has 1 aliphatic rings. The molecule has 5 nitrogen and oxygen atoms in total. The van der Waals surface area contributed by atoms with E-state index in [0.29, 0.717) is 18.7 Å². The Labute approximate surface area is 118 Å². The maximum atomic E-state index is 12.3. The Morgan fingerprint density at radius 1 is 1.20 bits per heavy atom. The number of nitrogens with zero attached hydrogens (tertiary/aromatic N) is 2. The smallest absolute Gasteiger partial charge is 0.229 e. The molecule has 1 aromatic heterocycles. The first-order chi connectivity index (χ1) is 9.59. The van der Waals surface area contributed by atoms with Gasteiger partial charge in [-0.3, -0.25) is 9.59 Å². The van der Waals surface area contributed by atoms with Crippen molar-refractivity contribution in [1.29, 1.82) is 0 Å². The van der Waals surface area contributed by atoms with Crippen LogP contribution >= 0.6 is 0 Å². The van der Waals surface area contributed by atoms with Crippen LogP contribution in [0.1, 0.15) is 12.8 Å². The van der Waals surface area contributed by atoms with Gasteiger partial charge in [0.1, 0.15) is 5.82 Å². The lowest BCUT2D eigenvalue weighted by atomic mass is 9.81. The van der Waals surface area contributed by atoms with Crippen molar-refractivity contribution in [2.75, 3.05) is 19.4 Å². The van der Waals surface area contributed by atoms with Gasteiger partial charge in [-0.2, -0.15) is 0 Å². The molecule has 2 atom stereocenters. The van der Waals surface area contributed by atoms with Crippen molar-refractivity contribution in [2.24, 2.45) is 11.8 Å². The minimum absolute atomic E-state index is 0.00415. The molecule has 106 valence electrons. The van der Waals surface area contributed by atoms with Crippen molar-refractivity contribution < 1.29 is 9.59 Å². The predicted molar refractivity (Wildman–Crippen MR) is 76.9 cm³/mol. The summed E-state index contributed by atoms with van der Waals surface area (Å²) >= 11 is 0. The minimum atomic E-state index is -0.336. The molecule has 0 saturated carbocycles. The van der Waals surface area contributed by atoms with Crippen LogP contribution in [0.4, 0.5) is 5.82 Å². The third-order valence-electron chi connectivity index (χ3n) is 3.44. The van der Waals surface area contributed by atoms with Crippen LogP contribution in [-0.2, 0) is 9.59 Å². The van der Waals surface area contributed by atoms with Crippen LogP contribution in [0.5, 0.6) is 0 Å². The zero-order valence-electron chi connectivity index (χ0n) is 11.7. The van der Waals surface area contributed by atoms with E-state index >= 15 is 0 Å². The Hall–Kier alpha value is -2.17. The quantitative estimate of drug-likeness (QED) is 0.852. The monoisotopic (exact) mass is 273 g/mol. The van der Waals surface area contributed by atoms with Crippen molar-refractivity contribution in [2.45, 2.75) is 12.8 Å². The van der Waals surface area contributed by atoms with E-state index in [1.54, 1.807) is 37.3 Å². The molecule has 1 aromatic rings. The van der Waals surface area contributed by atoms with Gasteiger partial charge in [0.25, 0.3) is 0 Å². The van der Waals surface area contributed by atoms with Crippen LogP contribution in [0.3, 0.4) is 0 Å². The zero-order chi connectivity index (χ0) is 14.5. The fourth-order valence-electron chi connectivity index (χ4n) is 2.36. The van der Waals surface area contributed by atoms with E-state index in [0.717, 1.165) is 0 Å². The van der Waals surface area contributed by atoms with Crippen molar-refractivity contribution in [3.63, 3.8) is 0 Å². The zero-order valence-corrected chi connectivity index (χ0v) is 11.7. The molecule has 0 radical (unpaired) electrons. The van der Waals surface area contributed by atoms with E-state index in [1.165, 1.54) is 0 Å². The van der Waals surface area contributed by atoms with E-state index < -0.39 is 0 Å². The van der Waals surface area contributed by atoms with Crippen molar-refractivity contribution in [3.05, 3.63) is 36.5 Å². The van der Waals surface area contributed by atoms with Crippen LogP contribution < -0.4 is 5.32 Å². The molecule has 1 aliphatic carbocycles. The second-order valence-electron chi connectivity index (χ2n) is 5.09. The number of allylic oxidation sites excluding steroid dienone is 2. The summed E-state index contributed by atoms with van der Waals surface area (Å²) in [5.41, 5.74) is 0. The van der Waals surface area contributed by atoms with E-state index in [-0.39, 0.29) is 23.7 Å². The van der Waals surface area contributed by atoms with Gasteiger partial charge in [0.05, 0.1) is 11.8 Å². The number of carbonyl (C=O) groups is 2. The molecule has 1 N–H and O–H groups in total. The fraction of sp³-hybridized carbons (Fsp3) is 0.400. The second kappa shape index (κ2) is 6.32. The van der Waals surface area contributed by atoms with Gasteiger partial charge in [-0.05, 0) is 25.0 Å². The van der Waals surface area contributed by atoms with Crippen LogP contribution in [0.15, 0.2) is 36.5 Å². The number of amides is 2. The lowest BCUT2D eigenvalue weighted by Gasteiger charge is -2.28. The standard InChI is InChI=1S/C15H19N3O2/c1-18(2)15(20)12-8-4-3-7-11(12)14(19)17-13-9-5-6-10-16-13/h3-6,9-12H,7-8H2,1-2H3,(H,16,17,19). The molecular formula is C15H19N3O2. The highest BCUT2D eigenvalue weighted by Gasteiger charge is 2.34. The summed E-state index contributed by atoms with van der Waals surface area (Å²) in [5.74, 6) is -0.262. The molecule has 5 heteroatoms. The molecule has 2 unspecified atom stereocenters. The van der Waals surface area contributed by atoms with Crippen LogP contribution in [0.2, 0.25) is 0 Å². The molecule has 0 aromatic carbocycles. The lowest BCUT2D eigenvalue weighted by molar-refractivity contribution is -0.138. The molecule has 0 saturated heterocycles. The van der Waals surface area contributed by atoms with Crippen LogP contribution in [-0.4, -0.2) is 35.8 Å². The van der Waals surface area contributed by atoms with Gasteiger partial charge in [-0.15, -0.1) is 0 Å². The number of aromatic nitrogens is 1. The first-order valence-corrected chi connectivity index (χ1v) is 6.67. The summed E-state index contributed by atoms with van der Waals surface area (Å²) in [7, 11) is 3.43. The van der Waals surface area contributed by atoms with E-state index in [4.69, 9.17) is 0 Å². The average molecular weight is 273 g/mol. The number of carbonyl (C=O) groups excluding carboxylic acids is 2. The number of nitrogens with one attached hydrogen (secondary N) is 1. The molecule has 2 rings (SSSR count). The molecular weight excluding hydrogens is 254 g/mol. The van der Waals surface area contributed by atoms with Gasteiger partial charge < -0.3 is 10.2 Å². The van der Waals surface area contributed by atoms with Gasteiger partial charge in [0.15, 0.2) is 0 Å². The molecule has 2 amide bonds. The summed E-state index contributed by atoms with van der Waals surface area (Å²) in [6.45, 7) is 0. The lowest BCUT2D eigenvalue weighted by Crippen LogP contribution is -2.40. The largest absolute Gasteiger partial charge is 0.349 e. The van der Waals surface area contributed by atoms with Crippen molar-refractivity contribution >= 4 is 17.6 Å². The molecule has 0 spiro atoms. The molecule has 0 fully saturated rings. The molecule has 0 aliphatic heterocycles. The number of rotatable bonds is 3. The Kier molecular flexibility index (Phi) is 4.50. The number of hydrogen-bond donors (Lipinski definition) is 1. The highest BCUT2D eigenvalue weighted by molar-refractivity contribution is 5.95. The summed E-state index contributed by atoms with van der Waals surface area (Å²) in [6, 6.07) is 5.34. The first kappa shape index (κ1) is 14.2. The van der Waals surface area contributed by atoms with Gasteiger partial charge in [-0.25, -0.2) is 4.98 Å². The SMILES string of the molecule is CN(C)C(=O)C1CC=CCC1C(=O)Nc1ccccn1. The maximum absolute atomic E-state index is 12.3. The van der Waals surface area contributed by atoms with Crippen molar-refractivity contribution in [3.8, 4) is 0 Å². The Balaban J connectivity index is 2.10. The highest BCUT2D eigenvalue weighted by Crippen LogP contribution is 2.28. The Morgan fingerprint density at radius 3 is 2.50 bits per heavy atom. The molecule has 20 heavy (non-hydrogen) atoms. The van der Waals surface area contributed by atoms with Gasteiger partial charge in [0, 0.05) is 20.3 Å². The summed E-state index contributed by atoms with van der Waals surface area (Å²) in [4.78, 5) is 30.1. The van der Waals surface area contributed by atoms with Gasteiger partial charge >= 0.3 is 0 Å². The minimum Gasteiger partial charge on any atom is -0.349 e. The number of pyridine rings is 1. The first-order valence-electron chi connectivity index (χ1n) is 6.67. The fourth-order valence-corrected chi connectivity index (χ4v) is 2.36. The summed E-state index contributed by atoms with van der Waals surface area (Å²) < 4.78 is 0. The third-order valence-corrected chi connectivity index (χ3v) is 3.44. The van der Waals surface area contributed by atoms with Crippen LogP contribution in [0.25, 0.3) is 0 Å². The topological polar surface area (TPSA) is 62.3 Å². The Bertz CT molecular complexity index is 511. The van der Waals surface area contributed by atoms with E-state index in [1.807, 2.05) is 18.2 Å². The van der Waals surface area contributed by atoms with Gasteiger partial charge in [-0.1, -0.05) is 18.2 Å². The number of hydrogen-bond acceptors (Lipinski definition) is 3. The van der Waals surface area contributed by atoms with E-state index in [2.05, 4.69) is 10.3 Å². The second-order valence-corrected chi connectivity index (χ2v) is 5.09. The number of anilines is 1. The highest BCUT2D eigenvalue weighted by atomic mass is 16.2. The average Bonchev–Trinajstić information content (AvgIpc) is 2.47. The van der Waals surface area contributed by atoms with Crippen molar-refractivity contribution in [1.82, 2.24) is 9.88 Å².